The Morgan fingerprint density at radius 1 is 1.21 bits per heavy atom. The second-order valence-corrected chi connectivity index (χ2v) is 6.46. The van der Waals surface area contributed by atoms with Gasteiger partial charge in [0.1, 0.15) is 0 Å². The fourth-order valence-electron chi connectivity index (χ4n) is 3.82. The van der Waals surface area contributed by atoms with E-state index in [2.05, 4.69) is 5.32 Å². The normalized spacial score (nSPS) is 32.4. The lowest BCUT2D eigenvalue weighted by molar-refractivity contribution is -0.127. The third-order valence-electron chi connectivity index (χ3n) is 5.16. The first-order valence-corrected chi connectivity index (χ1v) is 8.16. The third-order valence-corrected chi connectivity index (χ3v) is 5.16. The van der Waals surface area contributed by atoms with E-state index in [9.17, 15) is 9.90 Å². The maximum absolute atomic E-state index is 12.1. The Hall–Kier alpha value is -0.570. The first-order chi connectivity index (χ1) is 9.20. The summed E-state index contributed by atoms with van der Waals surface area (Å²) in [6.07, 6.45) is 10.1. The molecule has 2 fully saturated rings. The molecular formula is C16H29NO2. The number of carbonyl (C=O) groups is 1. The second kappa shape index (κ2) is 7.28. The minimum absolute atomic E-state index is 0.229. The molecule has 1 amide bonds. The summed E-state index contributed by atoms with van der Waals surface area (Å²) in [6.45, 7) is 2.59. The molecule has 3 nitrogen and oxygen atoms in total. The Labute approximate surface area is 117 Å². The van der Waals surface area contributed by atoms with E-state index >= 15 is 0 Å². The summed E-state index contributed by atoms with van der Waals surface area (Å²) in [4.78, 5) is 12.1. The molecule has 2 aliphatic rings. The quantitative estimate of drug-likeness (QED) is 0.804. The van der Waals surface area contributed by atoms with Gasteiger partial charge in [-0.15, -0.1) is 0 Å². The Morgan fingerprint density at radius 3 is 2.68 bits per heavy atom. The van der Waals surface area contributed by atoms with Crippen LogP contribution in [0.4, 0.5) is 0 Å². The minimum Gasteiger partial charge on any atom is -0.393 e. The second-order valence-electron chi connectivity index (χ2n) is 6.46. The summed E-state index contributed by atoms with van der Waals surface area (Å²) < 4.78 is 0. The van der Waals surface area contributed by atoms with Crippen LogP contribution in [0.5, 0.6) is 0 Å². The third kappa shape index (κ3) is 4.20. The number of amides is 1. The van der Waals surface area contributed by atoms with Crippen LogP contribution in [0.15, 0.2) is 0 Å². The molecule has 0 aromatic carbocycles. The maximum Gasteiger partial charge on any atom is 0.223 e. The number of rotatable bonds is 5. The average Bonchev–Trinajstić information content (AvgIpc) is 2.46. The van der Waals surface area contributed by atoms with Crippen molar-refractivity contribution in [3.05, 3.63) is 0 Å². The van der Waals surface area contributed by atoms with Crippen molar-refractivity contribution in [2.75, 3.05) is 6.54 Å². The van der Waals surface area contributed by atoms with Gasteiger partial charge in [0.15, 0.2) is 0 Å². The predicted octanol–water partition coefficient (Wildman–Crippen LogP) is 2.87. The number of hydrogen-bond donors (Lipinski definition) is 2. The summed E-state index contributed by atoms with van der Waals surface area (Å²) in [6, 6.07) is 0. The smallest absolute Gasteiger partial charge is 0.223 e. The molecule has 0 aliphatic heterocycles. The number of carbonyl (C=O) groups excluding carboxylic acids is 1. The molecule has 0 saturated heterocycles. The zero-order valence-corrected chi connectivity index (χ0v) is 12.2. The van der Waals surface area contributed by atoms with E-state index < -0.39 is 0 Å². The van der Waals surface area contributed by atoms with Crippen LogP contribution < -0.4 is 5.32 Å². The largest absolute Gasteiger partial charge is 0.393 e. The van der Waals surface area contributed by atoms with Gasteiger partial charge in [0.2, 0.25) is 5.91 Å². The lowest BCUT2D eigenvalue weighted by atomic mass is 9.67. The Balaban J connectivity index is 1.71. The first-order valence-electron chi connectivity index (χ1n) is 8.16. The van der Waals surface area contributed by atoms with Crippen molar-refractivity contribution in [1.29, 1.82) is 0 Å². The van der Waals surface area contributed by atoms with Crippen LogP contribution >= 0.6 is 0 Å². The number of nitrogens with one attached hydrogen (secondary N) is 1. The van der Waals surface area contributed by atoms with Crippen LogP contribution in [0.3, 0.4) is 0 Å². The van der Waals surface area contributed by atoms with Gasteiger partial charge in [0.05, 0.1) is 6.10 Å². The van der Waals surface area contributed by atoms with Crippen molar-refractivity contribution in [2.45, 2.75) is 70.8 Å². The number of aliphatic hydroxyl groups is 1. The van der Waals surface area contributed by atoms with E-state index in [4.69, 9.17) is 0 Å². The topological polar surface area (TPSA) is 49.3 Å². The Kier molecular flexibility index (Phi) is 5.68. The van der Waals surface area contributed by atoms with Gasteiger partial charge in [-0.05, 0) is 43.9 Å². The van der Waals surface area contributed by atoms with Crippen molar-refractivity contribution in [3.63, 3.8) is 0 Å². The van der Waals surface area contributed by atoms with Crippen molar-refractivity contribution in [2.24, 2.45) is 17.8 Å². The molecule has 0 aromatic rings. The van der Waals surface area contributed by atoms with Crippen LogP contribution in [0.2, 0.25) is 0 Å². The molecule has 2 aliphatic carbocycles. The van der Waals surface area contributed by atoms with Gasteiger partial charge in [-0.2, -0.15) is 0 Å². The Morgan fingerprint density at radius 2 is 1.95 bits per heavy atom. The maximum atomic E-state index is 12.1. The fourth-order valence-corrected chi connectivity index (χ4v) is 3.82. The Bertz CT molecular complexity index is 292. The molecule has 0 radical (unpaired) electrons. The molecule has 0 spiro atoms. The lowest BCUT2D eigenvalue weighted by Gasteiger charge is -2.38. The molecule has 2 rings (SSSR count). The first kappa shape index (κ1) is 14.8. The number of hydrogen-bond acceptors (Lipinski definition) is 2. The van der Waals surface area contributed by atoms with E-state index in [-0.39, 0.29) is 17.9 Å². The predicted molar refractivity (Wildman–Crippen MR) is 76.7 cm³/mol. The van der Waals surface area contributed by atoms with E-state index in [0.717, 1.165) is 31.1 Å². The van der Waals surface area contributed by atoms with Crippen LogP contribution in [0.25, 0.3) is 0 Å². The summed E-state index contributed by atoms with van der Waals surface area (Å²) in [7, 11) is 0. The summed E-state index contributed by atoms with van der Waals surface area (Å²) in [5.74, 6) is 2.17. The monoisotopic (exact) mass is 267 g/mol. The van der Waals surface area contributed by atoms with E-state index in [1.54, 1.807) is 0 Å². The summed E-state index contributed by atoms with van der Waals surface area (Å²) in [5.41, 5.74) is 0. The van der Waals surface area contributed by atoms with Crippen molar-refractivity contribution in [3.8, 4) is 0 Å². The molecule has 3 heteroatoms. The van der Waals surface area contributed by atoms with Crippen molar-refractivity contribution < 1.29 is 9.90 Å². The molecule has 0 heterocycles. The van der Waals surface area contributed by atoms with Gasteiger partial charge >= 0.3 is 0 Å². The van der Waals surface area contributed by atoms with Gasteiger partial charge in [0, 0.05) is 12.5 Å². The van der Waals surface area contributed by atoms with Crippen LogP contribution in [-0.4, -0.2) is 23.7 Å². The highest BCUT2D eigenvalue weighted by Gasteiger charge is 2.34. The zero-order chi connectivity index (χ0) is 13.7. The molecule has 110 valence electrons. The summed E-state index contributed by atoms with van der Waals surface area (Å²) in [5, 5.41) is 12.5. The lowest BCUT2D eigenvalue weighted by Crippen LogP contribution is -2.38. The highest BCUT2D eigenvalue weighted by atomic mass is 16.3. The molecule has 2 saturated carbocycles. The van der Waals surface area contributed by atoms with Crippen LogP contribution in [0.1, 0.15) is 64.7 Å². The highest BCUT2D eigenvalue weighted by molar-refractivity contribution is 5.78. The standard InChI is InChI=1S/C16H29NO2/c1-2-15(18)9-10-17-16(19)14-8-7-12-5-3-4-6-13(12)11-14/h12-15,18H,2-11H2,1H3,(H,17,19). The van der Waals surface area contributed by atoms with E-state index in [1.807, 2.05) is 6.92 Å². The average molecular weight is 267 g/mol. The number of fused-ring (bicyclic) bond motifs is 1. The molecule has 0 bridgehead atoms. The van der Waals surface area contributed by atoms with Crippen molar-refractivity contribution in [1.82, 2.24) is 5.32 Å². The number of aliphatic hydroxyl groups excluding tert-OH is 1. The molecule has 4 atom stereocenters. The summed E-state index contributed by atoms with van der Waals surface area (Å²) >= 11 is 0. The van der Waals surface area contributed by atoms with Crippen LogP contribution in [0, 0.1) is 17.8 Å². The van der Waals surface area contributed by atoms with Gasteiger partial charge in [-0.1, -0.05) is 32.6 Å². The van der Waals surface area contributed by atoms with Gasteiger partial charge in [-0.25, -0.2) is 0 Å². The van der Waals surface area contributed by atoms with Gasteiger partial charge in [0.25, 0.3) is 0 Å². The van der Waals surface area contributed by atoms with Crippen molar-refractivity contribution >= 4 is 5.91 Å². The van der Waals surface area contributed by atoms with E-state index in [1.165, 1.54) is 32.1 Å². The zero-order valence-electron chi connectivity index (χ0n) is 12.2. The SMILES string of the molecule is CCC(O)CCNC(=O)C1CCC2CCCCC2C1. The minimum atomic E-state index is -0.269. The van der Waals surface area contributed by atoms with Gasteiger partial charge in [-0.3, -0.25) is 4.79 Å². The molecule has 0 aromatic heterocycles. The fraction of sp³-hybridized carbons (Fsp3) is 0.938. The molecular weight excluding hydrogens is 238 g/mol. The molecule has 19 heavy (non-hydrogen) atoms. The molecule has 4 unspecified atom stereocenters. The van der Waals surface area contributed by atoms with E-state index in [0.29, 0.717) is 13.0 Å². The highest BCUT2D eigenvalue weighted by Crippen LogP contribution is 2.42. The van der Waals surface area contributed by atoms with Gasteiger partial charge < -0.3 is 10.4 Å². The molecule has 2 N–H and O–H groups in total. The van der Waals surface area contributed by atoms with Crippen LogP contribution in [-0.2, 0) is 4.79 Å².